The Bertz CT molecular complexity index is 1420. The highest BCUT2D eigenvalue weighted by atomic mass is 35.5. The van der Waals surface area contributed by atoms with Gasteiger partial charge in [-0.25, -0.2) is 14.2 Å². The topological polar surface area (TPSA) is 85.2 Å². The van der Waals surface area contributed by atoms with E-state index in [4.69, 9.17) is 21.1 Å². The zero-order valence-electron chi connectivity index (χ0n) is 19.6. The summed E-state index contributed by atoms with van der Waals surface area (Å²) in [4.78, 5) is 29.6. The molecule has 0 aliphatic carbocycles. The van der Waals surface area contributed by atoms with Crippen molar-refractivity contribution in [3.8, 4) is 5.75 Å². The van der Waals surface area contributed by atoms with Gasteiger partial charge in [0.1, 0.15) is 34.5 Å². The predicted molar refractivity (Wildman–Crippen MR) is 142 cm³/mol. The van der Waals surface area contributed by atoms with E-state index in [9.17, 15) is 19.1 Å². The Morgan fingerprint density at radius 1 is 1.08 bits per heavy atom. The molecule has 3 aromatic rings. The summed E-state index contributed by atoms with van der Waals surface area (Å²) in [6.45, 7) is 1.94. The average Bonchev–Trinajstić information content (AvgIpc) is 3.19. The van der Waals surface area contributed by atoms with Crippen LogP contribution in [0.4, 0.5) is 4.39 Å². The number of aliphatic hydroxyl groups is 1. The van der Waals surface area contributed by atoms with Gasteiger partial charge in [0, 0.05) is 5.56 Å². The van der Waals surface area contributed by atoms with E-state index < -0.39 is 11.9 Å². The van der Waals surface area contributed by atoms with Gasteiger partial charge in [-0.3, -0.25) is 4.79 Å². The van der Waals surface area contributed by atoms with Crippen molar-refractivity contribution in [2.75, 3.05) is 6.61 Å². The third kappa shape index (κ3) is 6.47. The summed E-state index contributed by atoms with van der Waals surface area (Å²) >= 11 is 7.37. The van der Waals surface area contributed by atoms with Crippen LogP contribution >= 0.6 is 23.4 Å². The maximum absolute atomic E-state index is 13.1. The highest BCUT2D eigenvalue weighted by Gasteiger charge is 2.34. The minimum absolute atomic E-state index is 0.0430. The molecule has 4 rings (SSSR count). The molecular formula is C28H21ClFNO5S. The van der Waals surface area contributed by atoms with Crippen molar-refractivity contribution in [2.24, 2.45) is 4.99 Å². The molecule has 0 spiro atoms. The summed E-state index contributed by atoms with van der Waals surface area (Å²) in [7, 11) is 0. The molecule has 188 valence electrons. The molecule has 6 nitrogen and oxygen atoms in total. The number of aliphatic imine (C=N–C) groups is 1. The highest BCUT2D eigenvalue weighted by molar-refractivity contribution is 8.18. The van der Waals surface area contributed by atoms with Crippen LogP contribution < -0.4 is 4.74 Å². The number of rotatable bonds is 7. The van der Waals surface area contributed by atoms with Crippen molar-refractivity contribution < 1.29 is 28.6 Å². The molecule has 0 saturated carbocycles. The van der Waals surface area contributed by atoms with Gasteiger partial charge in [-0.1, -0.05) is 59.8 Å². The van der Waals surface area contributed by atoms with Crippen LogP contribution in [0.15, 0.2) is 94.0 Å². The number of amides is 1. The van der Waals surface area contributed by atoms with Crippen molar-refractivity contribution in [3.63, 3.8) is 0 Å². The number of hydrogen-bond acceptors (Lipinski definition) is 6. The third-order valence-corrected chi connectivity index (χ3v) is 6.47. The number of esters is 1. The number of ether oxygens (including phenoxy) is 2. The second-order valence-corrected chi connectivity index (χ2v) is 9.19. The van der Waals surface area contributed by atoms with Crippen LogP contribution in [-0.4, -0.2) is 28.6 Å². The number of thioether (sulfide) groups is 1. The van der Waals surface area contributed by atoms with E-state index in [-0.39, 0.29) is 35.4 Å². The van der Waals surface area contributed by atoms with Crippen LogP contribution in [0, 0.1) is 5.82 Å². The van der Waals surface area contributed by atoms with Crippen LogP contribution in [0.1, 0.15) is 28.4 Å². The fourth-order valence-corrected chi connectivity index (χ4v) is 4.60. The van der Waals surface area contributed by atoms with Crippen molar-refractivity contribution in [1.82, 2.24) is 0 Å². The number of benzene rings is 3. The Balaban J connectivity index is 1.58. The maximum atomic E-state index is 13.1. The van der Waals surface area contributed by atoms with Gasteiger partial charge in [0.05, 0.1) is 16.5 Å². The average molecular weight is 538 g/mol. The molecule has 37 heavy (non-hydrogen) atoms. The Hall–Kier alpha value is -3.88. The standard InChI is InChI=1S/C28H21ClFNO5S/c1-2-35-28(34)24-25(32)23(37-27(24)31-26(33)19-6-4-3-5-7-19)15-18-10-13-22(21(29)14-18)36-16-17-8-11-20(30)12-9-17/h3-15,32H,2,16H2,1H3/b23-15-,31-27?. The number of aliphatic hydroxyl groups excluding tert-OH is 1. The molecule has 1 heterocycles. The molecule has 1 aliphatic heterocycles. The molecule has 3 aromatic carbocycles. The molecule has 0 atom stereocenters. The number of carbonyl (C=O) groups excluding carboxylic acids is 2. The molecule has 1 N–H and O–H groups in total. The Morgan fingerprint density at radius 3 is 2.49 bits per heavy atom. The smallest absolute Gasteiger partial charge is 0.344 e. The quantitative estimate of drug-likeness (QED) is 0.335. The van der Waals surface area contributed by atoms with Crippen LogP contribution in [0.25, 0.3) is 6.08 Å². The molecule has 1 aliphatic rings. The van der Waals surface area contributed by atoms with Gasteiger partial charge in [0.2, 0.25) is 0 Å². The minimum Gasteiger partial charge on any atom is -0.506 e. The Morgan fingerprint density at radius 2 is 1.81 bits per heavy atom. The molecule has 0 unspecified atom stereocenters. The van der Waals surface area contributed by atoms with Gasteiger partial charge in [-0.2, -0.15) is 0 Å². The second kappa shape index (κ2) is 11.9. The van der Waals surface area contributed by atoms with Crippen molar-refractivity contribution in [2.45, 2.75) is 13.5 Å². The van der Waals surface area contributed by atoms with E-state index >= 15 is 0 Å². The van der Waals surface area contributed by atoms with E-state index in [1.807, 2.05) is 0 Å². The predicted octanol–water partition coefficient (Wildman–Crippen LogP) is 6.76. The SMILES string of the molecule is CCOC(=O)C1=C(O)/C(=C/c2ccc(OCc3ccc(F)cc3)c(Cl)c2)SC1=NC(=O)c1ccccc1. The van der Waals surface area contributed by atoms with Crippen molar-refractivity contribution in [1.29, 1.82) is 0 Å². The first-order valence-electron chi connectivity index (χ1n) is 11.2. The van der Waals surface area contributed by atoms with Crippen LogP contribution in [-0.2, 0) is 16.1 Å². The van der Waals surface area contributed by atoms with Gasteiger partial charge in [-0.15, -0.1) is 0 Å². The monoisotopic (exact) mass is 537 g/mol. The summed E-state index contributed by atoms with van der Waals surface area (Å²) < 4.78 is 23.9. The summed E-state index contributed by atoms with van der Waals surface area (Å²) in [5, 5.41) is 11.2. The fraction of sp³-hybridized carbons (Fsp3) is 0.107. The van der Waals surface area contributed by atoms with E-state index in [2.05, 4.69) is 4.99 Å². The summed E-state index contributed by atoms with van der Waals surface area (Å²) in [5.74, 6) is -1.57. The van der Waals surface area contributed by atoms with Crippen molar-refractivity contribution >= 4 is 46.4 Å². The van der Waals surface area contributed by atoms with Gasteiger partial charge in [-0.05, 0) is 60.5 Å². The van der Waals surface area contributed by atoms with Gasteiger partial charge >= 0.3 is 5.97 Å². The molecule has 9 heteroatoms. The molecular weight excluding hydrogens is 517 g/mol. The molecule has 1 amide bonds. The van der Waals surface area contributed by atoms with E-state index in [1.165, 1.54) is 12.1 Å². The lowest BCUT2D eigenvalue weighted by atomic mass is 10.1. The normalized spacial score (nSPS) is 15.3. The molecule has 0 radical (unpaired) electrons. The lowest BCUT2D eigenvalue weighted by Crippen LogP contribution is -2.14. The summed E-state index contributed by atoms with van der Waals surface area (Å²) in [6, 6.07) is 19.4. The van der Waals surface area contributed by atoms with Crippen LogP contribution in [0.2, 0.25) is 5.02 Å². The van der Waals surface area contributed by atoms with Gasteiger partial charge < -0.3 is 14.6 Å². The molecule has 0 saturated heterocycles. The van der Waals surface area contributed by atoms with E-state index in [0.29, 0.717) is 26.8 Å². The third-order valence-electron chi connectivity index (χ3n) is 5.16. The molecule has 0 bridgehead atoms. The number of nitrogens with zero attached hydrogens (tertiary/aromatic N) is 1. The van der Waals surface area contributed by atoms with E-state index in [0.717, 1.165) is 17.3 Å². The van der Waals surface area contributed by atoms with E-state index in [1.54, 1.807) is 73.7 Å². The van der Waals surface area contributed by atoms with Crippen molar-refractivity contribution in [3.05, 3.63) is 117 Å². The summed E-state index contributed by atoms with van der Waals surface area (Å²) in [5.41, 5.74) is 1.57. The Labute approximate surface area is 222 Å². The van der Waals surface area contributed by atoms with Gasteiger partial charge in [0.25, 0.3) is 5.91 Å². The lowest BCUT2D eigenvalue weighted by Gasteiger charge is -2.09. The first kappa shape index (κ1) is 26.2. The number of hydrogen-bond donors (Lipinski definition) is 1. The first-order chi connectivity index (χ1) is 17.9. The lowest BCUT2D eigenvalue weighted by molar-refractivity contribution is -0.138. The zero-order chi connectivity index (χ0) is 26.4. The first-order valence-corrected chi connectivity index (χ1v) is 12.4. The molecule has 0 fully saturated rings. The second-order valence-electron chi connectivity index (χ2n) is 7.75. The number of halogens is 2. The zero-order valence-corrected chi connectivity index (χ0v) is 21.2. The number of carbonyl (C=O) groups is 2. The fourth-order valence-electron chi connectivity index (χ4n) is 3.35. The summed E-state index contributed by atoms with van der Waals surface area (Å²) in [6.07, 6.45) is 1.62. The highest BCUT2D eigenvalue weighted by Crippen LogP contribution is 2.40. The van der Waals surface area contributed by atoms with Crippen LogP contribution in [0.3, 0.4) is 0 Å². The maximum Gasteiger partial charge on any atom is 0.344 e. The molecule has 0 aromatic heterocycles. The largest absolute Gasteiger partial charge is 0.506 e. The minimum atomic E-state index is -0.780. The van der Waals surface area contributed by atoms with Crippen LogP contribution in [0.5, 0.6) is 5.75 Å². The Kier molecular flexibility index (Phi) is 8.43. The van der Waals surface area contributed by atoms with Gasteiger partial charge in [0.15, 0.2) is 0 Å².